The van der Waals surface area contributed by atoms with E-state index in [2.05, 4.69) is 23.9 Å². The van der Waals surface area contributed by atoms with E-state index in [1.54, 1.807) is 6.07 Å². The van der Waals surface area contributed by atoms with E-state index in [0.717, 1.165) is 24.6 Å². The number of likely N-dealkylation sites (tertiary alicyclic amines) is 1. The monoisotopic (exact) mass is 330 g/mol. The van der Waals surface area contributed by atoms with E-state index in [1.165, 1.54) is 19.5 Å². The zero-order valence-electron chi connectivity index (χ0n) is 12.7. The number of aliphatic hydroxyl groups excluding tert-OH is 1. The Balaban J connectivity index is 1.80. The van der Waals surface area contributed by atoms with Crippen LogP contribution in [0.5, 0.6) is 0 Å². The smallest absolute Gasteiger partial charge is 0.0817 e. The van der Waals surface area contributed by atoms with Gasteiger partial charge in [-0.05, 0) is 45.5 Å². The van der Waals surface area contributed by atoms with Crippen LogP contribution in [0.2, 0.25) is 10.0 Å². The Morgan fingerprint density at radius 2 is 2.19 bits per heavy atom. The minimum absolute atomic E-state index is 0.465. The molecular formula is C16H24Cl2N2O. The summed E-state index contributed by atoms with van der Waals surface area (Å²) >= 11 is 12.1. The van der Waals surface area contributed by atoms with Crippen molar-refractivity contribution in [2.75, 3.05) is 40.3 Å². The van der Waals surface area contributed by atoms with Gasteiger partial charge in [-0.3, -0.25) is 0 Å². The van der Waals surface area contributed by atoms with Gasteiger partial charge >= 0.3 is 0 Å². The van der Waals surface area contributed by atoms with Gasteiger partial charge in [-0.15, -0.1) is 0 Å². The molecular weight excluding hydrogens is 307 g/mol. The van der Waals surface area contributed by atoms with Crippen molar-refractivity contribution >= 4 is 23.2 Å². The molecule has 1 fully saturated rings. The second-order valence-electron chi connectivity index (χ2n) is 6.13. The van der Waals surface area contributed by atoms with Crippen molar-refractivity contribution in [2.45, 2.75) is 18.9 Å². The second kappa shape index (κ2) is 7.80. The first-order valence-electron chi connectivity index (χ1n) is 7.46. The van der Waals surface area contributed by atoms with Gasteiger partial charge in [-0.25, -0.2) is 0 Å². The summed E-state index contributed by atoms with van der Waals surface area (Å²) in [6.07, 6.45) is 1.37. The van der Waals surface area contributed by atoms with Crippen molar-refractivity contribution < 1.29 is 5.11 Å². The molecule has 0 aliphatic carbocycles. The molecule has 3 nitrogen and oxygen atoms in total. The van der Waals surface area contributed by atoms with E-state index in [1.807, 2.05) is 12.1 Å². The Morgan fingerprint density at radius 3 is 2.86 bits per heavy atom. The van der Waals surface area contributed by atoms with Crippen LogP contribution in [0.1, 0.15) is 24.5 Å². The van der Waals surface area contributed by atoms with Crippen LogP contribution in [-0.2, 0) is 0 Å². The van der Waals surface area contributed by atoms with E-state index < -0.39 is 6.10 Å². The molecule has 1 heterocycles. The number of aliphatic hydroxyl groups is 1. The van der Waals surface area contributed by atoms with Crippen LogP contribution in [0, 0.1) is 5.92 Å². The average molecular weight is 331 g/mol. The third-order valence-corrected chi connectivity index (χ3v) is 5.02. The molecule has 1 aliphatic heterocycles. The Labute approximate surface area is 137 Å². The molecule has 0 spiro atoms. The highest BCUT2D eigenvalue weighted by atomic mass is 35.5. The molecule has 1 aromatic carbocycles. The lowest BCUT2D eigenvalue weighted by Gasteiger charge is -2.22. The first-order valence-corrected chi connectivity index (χ1v) is 8.22. The van der Waals surface area contributed by atoms with Gasteiger partial charge in [-0.2, -0.15) is 0 Å². The number of nitrogens with zero attached hydrogens (tertiary/aromatic N) is 2. The maximum Gasteiger partial charge on any atom is 0.0817 e. The molecule has 0 saturated carbocycles. The van der Waals surface area contributed by atoms with Crippen LogP contribution in [0.4, 0.5) is 0 Å². The lowest BCUT2D eigenvalue weighted by Crippen LogP contribution is -2.29. The van der Waals surface area contributed by atoms with Crippen LogP contribution >= 0.6 is 23.2 Å². The Bertz CT molecular complexity index is 470. The third kappa shape index (κ3) is 4.83. The highest BCUT2D eigenvalue weighted by Gasteiger charge is 2.21. The molecule has 1 aromatic rings. The molecule has 21 heavy (non-hydrogen) atoms. The maximum absolute atomic E-state index is 10.3. The molecule has 118 valence electrons. The summed E-state index contributed by atoms with van der Waals surface area (Å²) in [7, 11) is 4.29. The van der Waals surface area contributed by atoms with Crippen LogP contribution in [-0.4, -0.2) is 55.2 Å². The zero-order chi connectivity index (χ0) is 15.4. The fourth-order valence-electron chi connectivity index (χ4n) is 2.98. The number of hydrogen-bond acceptors (Lipinski definition) is 3. The molecule has 2 atom stereocenters. The van der Waals surface area contributed by atoms with Gasteiger partial charge in [0.2, 0.25) is 0 Å². The minimum atomic E-state index is -0.565. The molecule has 0 bridgehead atoms. The van der Waals surface area contributed by atoms with Crippen molar-refractivity contribution in [3.63, 3.8) is 0 Å². The standard InChI is InChI=1S/C16H24Cl2N2O/c1-19-8-6-12(10-19)11-20(2)9-7-15(21)13-4-3-5-14(17)16(13)18/h3-5,12,15,21H,6-11H2,1-2H3. The first-order chi connectivity index (χ1) is 9.97. The summed E-state index contributed by atoms with van der Waals surface area (Å²) in [5.41, 5.74) is 0.721. The van der Waals surface area contributed by atoms with Gasteiger partial charge in [0.25, 0.3) is 0 Å². The Kier molecular flexibility index (Phi) is 6.33. The summed E-state index contributed by atoms with van der Waals surface area (Å²) in [5, 5.41) is 11.3. The van der Waals surface area contributed by atoms with Crippen molar-refractivity contribution in [3.05, 3.63) is 33.8 Å². The van der Waals surface area contributed by atoms with Crippen molar-refractivity contribution in [2.24, 2.45) is 5.92 Å². The summed E-state index contributed by atoms with van der Waals surface area (Å²) in [5.74, 6) is 0.743. The predicted octanol–water partition coefficient (Wildman–Crippen LogP) is 3.30. The van der Waals surface area contributed by atoms with E-state index in [9.17, 15) is 5.11 Å². The molecule has 0 aromatic heterocycles. The fraction of sp³-hybridized carbons (Fsp3) is 0.625. The number of hydrogen-bond donors (Lipinski definition) is 1. The zero-order valence-corrected chi connectivity index (χ0v) is 14.2. The van der Waals surface area contributed by atoms with Gasteiger partial charge in [0.15, 0.2) is 0 Å². The normalized spacial score (nSPS) is 21.1. The second-order valence-corrected chi connectivity index (χ2v) is 6.91. The van der Waals surface area contributed by atoms with Gasteiger partial charge in [-0.1, -0.05) is 35.3 Å². The van der Waals surface area contributed by atoms with Crippen molar-refractivity contribution in [3.8, 4) is 0 Å². The minimum Gasteiger partial charge on any atom is -0.388 e. The average Bonchev–Trinajstić information content (AvgIpc) is 2.84. The maximum atomic E-state index is 10.3. The summed E-state index contributed by atoms with van der Waals surface area (Å²) in [6.45, 7) is 4.30. The van der Waals surface area contributed by atoms with Crippen LogP contribution in [0.25, 0.3) is 0 Å². The summed E-state index contributed by atoms with van der Waals surface area (Å²) in [6, 6.07) is 5.40. The van der Waals surface area contributed by atoms with Crippen LogP contribution < -0.4 is 0 Å². The number of rotatable bonds is 6. The summed E-state index contributed by atoms with van der Waals surface area (Å²) < 4.78 is 0. The molecule has 1 aliphatic rings. The van der Waals surface area contributed by atoms with Gasteiger partial charge in [0.05, 0.1) is 16.1 Å². The van der Waals surface area contributed by atoms with E-state index in [-0.39, 0.29) is 0 Å². The quantitative estimate of drug-likeness (QED) is 0.866. The van der Waals surface area contributed by atoms with Gasteiger partial charge in [0.1, 0.15) is 0 Å². The molecule has 0 amide bonds. The van der Waals surface area contributed by atoms with E-state index >= 15 is 0 Å². The van der Waals surface area contributed by atoms with E-state index in [4.69, 9.17) is 23.2 Å². The first kappa shape index (κ1) is 17.0. The highest BCUT2D eigenvalue weighted by Crippen LogP contribution is 2.31. The summed E-state index contributed by atoms with van der Waals surface area (Å²) in [4.78, 5) is 4.67. The largest absolute Gasteiger partial charge is 0.388 e. The predicted molar refractivity (Wildman–Crippen MR) is 89.1 cm³/mol. The number of benzene rings is 1. The fourth-order valence-corrected chi connectivity index (χ4v) is 3.42. The lowest BCUT2D eigenvalue weighted by atomic mass is 10.1. The Hall–Kier alpha value is -0.320. The molecule has 1 N–H and O–H groups in total. The topological polar surface area (TPSA) is 26.7 Å². The molecule has 1 saturated heterocycles. The highest BCUT2D eigenvalue weighted by molar-refractivity contribution is 6.42. The third-order valence-electron chi connectivity index (χ3n) is 4.18. The number of halogens is 2. The van der Waals surface area contributed by atoms with Crippen molar-refractivity contribution in [1.82, 2.24) is 9.80 Å². The van der Waals surface area contributed by atoms with Crippen LogP contribution in [0.15, 0.2) is 18.2 Å². The lowest BCUT2D eigenvalue weighted by molar-refractivity contribution is 0.144. The van der Waals surface area contributed by atoms with Crippen molar-refractivity contribution in [1.29, 1.82) is 0 Å². The molecule has 2 unspecified atom stereocenters. The van der Waals surface area contributed by atoms with Gasteiger partial charge in [0, 0.05) is 25.2 Å². The van der Waals surface area contributed by atoms with Gasteiger partial charge < -0.3 is 14.9 Å². The molecule has 2 rings (SSSR count). The SMILES string of the molecule is CN1CCC(CN(C)CCC(O)c2cccc(Cl)c2Cl)C1. The van der Waals surface area contributed by atoms with E-state index in [0.29, 0.717) is 16.5 Å². The Morgan fingerprint density at radius 1 is 1.43 bits per heavy atom. The molecule has 0 radical (unpaired) electrons. The molecule has 5 heteroatoms. The van der Waals surface area contributed by atoms with Crippen LogP contribution in [0.3, 0.4) is 0 Å².